The predicted octanol–water partition coefficient (Wildman–Crippen LogP) is 2.63. The standard InChI is InChI=1S/C13H16N4O4/c1-10(2)15(7-3-6-14)9-11-4-5-12(16(18)19)8-13(11)17(20)21/h4-5,8,10H,3,7,9H2,1-2H3. The molecule has 0 saturated heterocycles. The van der Waals surface area contributed by atoms with Crippen LogP contribution in [0.3, 0.4) is 0 Å². The van der Waals surface area contributed by atoms with Crippen molar-refractivity contribution in [3.63, 3.8) is 0 Å². The zero-order valence-corrected chi connectivity index (χ0v) is 11.9. The van der Waals surface area contributed by atoms with Crippen LogP contribution in [-0.2, 0) is 6.54 Å². The van der Waals surface area contributed by atoms with Crippen molar-refractivity contribution in [2.24, 2.45) is 0 Å². The number of nitro benzene ring substituents is 2. The van der Waals surface area contributed by atoms with E-state index in [9.17, 15) is 20.2 Å². The van der Waals surface area contributed by atoms with E-state index in [-0.39, 0.29) is 24.0 Å². The molecule has 0 heterocycles. The second-order valence-corrected chi connectivity index (χ2v) is 4.80. The highest BCUT2D eigenvalue weighted by atomic mass is 16.6. The van der Waals surface area contributed by atoms with Crippen LogP contribution >= 0.6 is 0 Å². The summed E-state index contributed by atoms with van der Waals surface area (Å²) in [5.41, 5.74) is -0.178. The van der Waals surface area contributed by atoms with E-state index in [1.54, 1.807) is 0 Å². The van der Waals surface area contributed by atoms with Gasteiger partial charge in [-0.3, -0.25) is 25.1 Å². The smallest absolute Gasteiger partial charge is 0.280 e. The summed E-state index contributed by atoms with van der Waals surface area (Å²) in [6.45, 7) is 4.61. The van der Waals surface area contributed by atoms with Gasteiger partial charge < -0.3 is 0 Å². The fraction of sp³-hybridized carbons (Fsp3) is 0.462. The third-order valence-corrected chi connectivity index (χ3v) is 3.09. The van der Waals surface area contributed by atoms with E-state index in [1.165, 1.54) is 12.1 Å². The number of hydrogen-bond acceptors (Lipinski definition) is 6. The highest BCUT2D eigenvalue weighted by molar-refractivity contribution is 5.49. The fourth-order valence-electron chi connectivity index (χ4n) is 1.90. The molecule has 0 saturated carbocycles. The van der Waals surface area contributed by atoms with Crippen molar-refractivity contribution in [2.45, 2.75) is 32.9 Å². The highest BCUT2D eigenvalue weighted by Crippen LogP contribution is 2.26. The van der Waals surface area contributed by atoms with Gasteiger partial charge in [-0.25, -0.2) is 0 Å². The number of hydrogen-bond donors (Lipinski definition) is 0. The predicted molar refractivity (Wildman–Crippen MR) is 75.5 cm³/mol. The molecule has 0 aliphatic rings. The Balaban J connectivity index is 3.08. The van der Waals surface area contributed by atoms with Crippen molar-refractivity contribution in [1.29, 1.82) is 5.26 Å². The maximum atomic E-state index is 11.1. The number of nitrogens with zero attached hydrogens (tertiary/aromatic N) is 4. The number of nitro groups is 2. The van der Waals surface area contributed by atoms with Crippen LogP contribution < -0.4 is 0 Å². The molecular weight excluding hydrogens is 276 g/mol. The van der Waals surface area contributed by atoms with E-state index in [0.29, 0.717) is 18.5 Å². The van der Waals surface area contributed by atoms with Gasteiger partial charge >= 0.3 is 0 Å². The summed E-state index contributed by atoms with van der Waals surface area (Å²) in [6, 6.07) is 5.77. The first kappa shape index (κ1) is 16.5. The minimum atomic E-state index is -0.660. The van der Waals surface area contributed by atoms with E-state index < -0.39 is 9.85 Å². The average Bonchev–Trinajstić information content (AvgIpc) is 2.42. The molecule has 1 rings (SSSR count). The molecule has 0 unspecified atom stereocenters. The molecule has 0 atom stereocenters. The Hall–Kier alpha value is -2.53. The van der Waals surface area contributed by atoms with E-state index in [2.05, 4.69) is 0 Å². The van der Waals surface area contributed by atoms with Crippen molar-refractivity contribution in [2.75, 3.05) is 6.54 Å². The molecule has 1 aromatic carbocycles. The van der Waals surface area contributed by atoms with Crippen molar-refractivity contribution in [3.05, 3.63) is 44.0 Å². The maximum absolute atomic E-state index is 11.1. The highest BCUT2D eigenvalue weighted by Gasteiger charge is 2.21. The van der Waals surface area contributed by atoms with Crippen molar-refractivity contribution in [3.8, 4) is 6.07 Å². The summed E-state index contributed by atoms with van der Waals surface area (Å²) >= 11 is 0. The van der Waals surface area contributed by atoms with Crippen LogP contribution in [0.4, 0.5) is 11.4 Å². The fourth-order valence-corrected chi connectivity index (χ4v) is 1.90. The lowest BCUT2D eigenvalue weighted by Gasteiger charge is -2.25. The largest absolute Gasteiger partial charge is 0.295 e. The van der Waals surface area contributed by atoms with Gasteiger partial charge in [-0.05, 0) is 19.9 Å². The topological polar surface area (TPSA) is 113 Å². The second-order valence-electron chi connectivity index (χ2n) is 4.80. The molecule has 0 aromatic heterocycles. The lowest BCUT2D eigenvalue weighted by atomic mass is 10.1. The minimum absolute atomic E-state index is 0.105. The summed E-state index contributed by atoms with van der Waals surface area (Å²) in [6.07, 6.45) is 0.318. The molecule has 112 valence electrons. The van der Waals surface area contributed by atoms with Crippen LogP contribution in [0, 0.1) is 31.6 Å². The summed E-state index contributed by atoms with van der Waals surface area (Å²) < 4.78 is 0. The van der Waals surface area contributed by atoms with Crippen LogP contribution in [-0.4, -0.2) is 27.3 Å². The summed E-state index contributed by atoms with van der Waals surface area (Å²) in [4.78, 5) is 22.4. The molecule has 0 fully saturated rings. The lowest BCUT2D eigenvalue weighted by molar-refractivity contribution is -0.394. The van der Waals surface area contributed by atoms with Gasteiger partial charge in [0.2, 0.25) is 0 Å². The van der Waals surface area contributed by atoms with Gasteiger partial charge in [-0.15, -0.1) is 0 Å². The molecule has 0 aliphatic heterocycles. The first-order valence-corrected chi connectivity index (χ1v) is 6.39. The number of rotatable bonds is 7. The number of benzene rings is 1. The molecule has 0 N–H and O–H groups in total. The Labute approximate surface area is 121 Å². The second kappa shape index (κ2) is 7.31. The molecule has 0 bridgehead atoms. The molecule has 1 aromatic rings. The van der Waals surface area contributed by atoms with E-state index in [4.69, 9.17) is 5.26 Å². The Morgan fingerprint density at radius 2 is 1.95 bits per heavy atom. The minimum Gasteiger partial charge on any atom is -0.295 e. The van der Waals surface area contributed by atoms with Crippen molar-refractivity contribution in [1.82, 2.24) is 4.90 Å². The normalized spacial score (nSPS) is 10.6. The molecular formula is C13H16N4O4. The van der Waals surface area contributed by atoms with Gasteiger partial charge in [0, 0.05) is 37.2 Å². The Morgan fingerprint density at radius 1 is 1.29 bits per heavy atom. The number of nitriles is 1. The Bertz CT molecular complexity index is 580. The molecule has 0 spiro atoms. The molecule has 0 radical (unpaired) electrons. The quantitative estimate of drug-likeness (QED) is 0.563. The van der Waals surface area contributed by atoms with Gasteiger partial charge in [0.15, 0.2) is 0 Å². The van der Waals surface area contributed by atoms with Gasteiger partial charge in [0.1, 0.15) is 0 Å². The van der Waals surface area contributed by atoms with E-state index in [0.717, 1.165) is 6.07 Å². The first-order valence-electron chi connectivity index (χ1n) is 6.39. The van der Waals surface area contributed by atoms with Crippen LogP contribution in [0.25, 0.3) is 0 Å². The van der Waals surface area contributed by atoms with Crippen molar-refractivity contribution < 1.29 is 9.85 Å². The Kier molecular flexibility index (Phi) is 5.75. The summed E-state index contributed by atoms with van der Waals surface area (Å²) in [5, 5.41) is 30.4. The monoisotopic (exact) mass is 292 g/mol. The third-order valence-electron chi connectivity index (χ3n) is 3.09. The first-order chi connectivity index (χ1) is 9.86. The third kappa shape index (κ3) is 4.50. The zero-order chi connectivity index (χ0) is 16.0. The summed E-state index contributed by atoms with van der Waals surface area (Å²) in [7, 11) is 0. The van der Waals surface area contributed by atoms with Crippen LogP contribution in [0.15, 0.2) is 18.2 Å². The van der Waals surface area contributed by atoms with Gasteiger partial charge in [0.25, 0.3) is 11.4 Å². The summed E-state index contributed by atoms with van der Waals surface area (Å²) in [5.74, 6) is 0. The maximum Gasteiger partial charge on any atom is 0.280 e. The molecule has 8 nitrogen and oxygen atoms in total. The van der Waals surface area contributed by atoms with Crippen LogP contribution in [0.5, 0.6) is 0 Å². The van der Waals surface area contributed by atoms with Crippen molar-refractivity contribution >= 4 is 11.4 Å². The van der Waals surface area contributed by atoms with Crippen LogP contribution in [0.2, 0.25) is 0 Å². The Morgan fingerprint density at radius 3 is 2.43 bits per heavy atom. The lowest BCUT2D eigenvalue weighted by Crippen LogP contribution is -2.31. The van der Waals surface area contributed by atoms with Crippen LogP contribution in [0.1, 0.15) is 25.8 Å². The van der Waals surface area contributed by atoms with E-state index >= 15 is 0 Å². The zero-order valence-electron chi connectivity index (χ0n) is 11.9. The molecule has 21 heavy (non-hydrogen) atoms. The SMILES string of the molecule is CC(C)N(CCC#N)Cc1ccc([N+](=O)[O-])cc1[N+](=O)[O-]. The van der Waals surface area contributed by atoms with Gasteiger partial charge in [0.05, 0.1) is 22.0 Å². The molecule has 0 amide bonds. The van der Waals surface area contributed by atoms with Gasteiger partial charge in [-0.2, -0.15) is 5.26 Å². The van der Waals surface area contributed by atoms with E-state index in [1.807, 2.05) is 24.8 Å². The molecule has 8 heteroatoms. The van der Waals surface area contributed by atoms with Gasteiger partial charge in [-0.1, -0.05) is 0 Å². The average molecular weight is 292 g/mol. The molecule has 0 aliphatic carbocycles. The number of non-ortho nitro benzene ring substituents is 1.